The summed E-state index contributed by atoms with van der Waals surface area (Å²) < 4.78 is 0. The highest BCUT2D eigenvalue weighted by atomic mass is 16.3. The quantitative estimate of drug-likeness (QED) is 0.645. The molecule has 2 fully saturated rings. The lowest BCUT2D eigenvalue weighted by molar-refractivity contribution is 0.140. The van der Waals surface area contributed by atoms with Crippen molar-refractivity contribution < 1.29 is 5.11 Å². The highest BCUT2D eigenvalue weighted by molar-refractivity contribution is 4.94. The summed E-state index contributed by atoms with van der Waals surface area (Å²) in [6, 6.07) is 0. The van der Waals surface area contributed by atoms with Gasteiger partial charge in [-0.25, -0.2) is 0 Å². The van der Waals surface area contributed by atoms with Crippen molar-refractivity contribution in [1.29, 1.82) is 0 Å². The van der Waals surface area contributed by atoms with Gasteiger partial charge in [0, 0.05) is 6.61 Å². The fourth-order valence-corrected chi connectivity index (χ4v) is 3.33. The third-order valence-electron chi connectivity index (χ3n) is 3.85. The van der Waals surface area contributed by atoms with Gasteiger partial charge in [-0.1, -0.05) is 13.3 Å². The van der Waals surface area contributed by atoms with E-state index in [2.05, 4.69) is 6.92 Å². The molecule has 0 radical (unpaired) electrons. The molecule has 0 amide bonds. The maximum atomic E-state index is 9.10. The molecule has 64 valence electrons. The number of aliphatic hydroxyl groups excluding tert-OH is 1. The summed E-state index contributed by atoms with van der Waals surface area (Å²) >= 11 is 0. The van der Waals surface area contributed by atoms with Crippen molar-refractivity contribution in [2.45, 2.75) is 32.6 Å². The fourth-order valence-electron chi connectivity index (χ4n) is 3.33. The van der Waals surface area contributed by atoms with E-state index >= 15 is 0 Å². The molecule has 0 aliphatic heterocycles. The molecule has 0 aromatic carbocycles. The number of fused-ring (bicyclic) bond motifs is 2. The van der Waals surface area contributed by atoms with E-state index < -0.39 is 0 Å². The molecular formula is C10H18O. The summed E-state index contributed by atoms with van der Waals surface area (Å²) in [6.45, 7) is 2.73. The molecule has 0 heterocycles. The maximum Gasteiger partial charge on any atom is 0.0462 e. The maximum absolute atomic E-state index is 9.10. The van der Waals surface area contributed by atoms with E-state index in [4.69, 9.17) is 5.11 Å². The van der Waals surface area contributed by atoms with Crippen LogP contribution >= 0.6 is 0 Å². The summed E-state index contributed by atoms with van der Waals surface area (Å²) in [4.78, 5) is 0. The first-order valence-corrected chi connectivity index (χ1v) is 4.96. The van der Waals surface area contributed by atoms with Crippen LogP contribution in [0.25, 0.3) is 0 Å². The lowest BCUT2D eigenvalue weighted by Gasteiger charge is -2.27. The van der Waals surface area contributed by atoms with Crippen LogP contribution in [0.2, 0.25) is 0 Å². The number of aliphatic hydroxyl groups is 1. The summed E-state index contributed by atoms with van der Waals surface area (Å²) in [7, 11) is 0. The average Bonchev–Trinajstić information content (AvgIpc) is 2.60. The molecule has 2 saturated carbocycles. The van der Waals surface area contributed by atoms with E-state index in [1.165, 1.54) is 25.7 Å². The predicted octanol–water partition coefficient (Wildman–Crippen LogP) is 2.05. The largest absolute Gasteiger partial charge is 0.396 e. The fraction of sp³-hybridized carbons (Fsp3) is 1.00. The van der Waals surface area contributed by atoms with Crippen molar-refractivity contribution in [1.82, 2.24) is 0 Å². The van der Waals surface area contributed by atoms with Gasteiger partial charge in [0.15, 0.2) is 0 Å². The van der Waals surface area contributed by atoms with E-state index in [-0.39, 0.29) is 0 Å². The van der Waals surface area contributed by atoms with E-state index in [0.717, 1.165) is 17.8 Å². The first-order chi connectivity index (χ1) is 5.35. The van der Waals surface area contributed by atoms with Crippen molar-refractivity contribution in [3.05, 3.63) is 0 Å². The Morgan fingerprint density at radius 3 is 2.45 bits per heavy atom. The van der Waals surface area contributed by atoms with Gasteiger partial charge in [-0.05, 0) is 42.9 Å². The van der Waals surface area contributed by atoms with Gasteiger partial charge in [-0.15, -0.1) is 0 Å². The average molecular weight is 154 g/mol. The molecule has 2 bridgehead atoms. The van der Waals surface area contributed by atoms with Crippen molar-refractivity contribution in [3.63, 3.8) is 0 Å². The summed E-state index contributed by atoms with van der Waals surface area (Å²) in [5.41, 5.74) is 0. The van der Waals surface area contributed by atoms with Gasteiger partial charge in [-0.2, -0.15) is 0 Å². The number of hydrogen-bond acceptors (Lipinski definition) is 1. The predicted molar refractivity (Wildman–Crippen MR) is 45.2 cm³/mol. The summed E-state index contributed by atoms with van der Waals surface area (Å²) in [5, 5.41) is 9.10. The first kappa shape index (κ1) is 7.60. The van der Waals surface area contributed by atoms with Crippen molar-refractivity contribution in [3.8, 4) is 0 Å². The second-order valence-corrected chi connectivity index (χ2v) is 4.35. The van der Waals surface area contributed by atoms with Crippen LogP contribution in [0, 0.1) is 23.7 Å². The van der Waals surface area contributed by atoms with Gasteiger partial charge in [0.25, 0.3) is 0 Å². The third-order valence-corrected chi connectivity index (χ3v) is 3.85. The van der Waals surface area contributed by atoms with Crippen LogP contribution in [-0.2, 0) is 0 Å². The Kier molecular flexibility index (Phi) is 1.92. The van der Waals surface area contributed by atoms with Gasteiger partial charge < -0.3 is 5.11 Å². The second kappa shape index (κ2) is 2.78. The Hall–Kier alpha value is -0.0400. The van der Waals surface area contributed by atoms with Gasteiger partial charge in [0.1, 0.15) is 0 Å². The molecule has 0 aromatic heterocycles. The first-order valence-electron chi connectivity index (χ1n) is 4.96. The number of rotatable bonds is 2. The van der Waals surface area contributed by atoms with Crippen LogP contribution in [0.15, 0.2) is 0 Å². The molecule has 0 spiro atoms. The van der Waals surface area contributed by atoms with Crippen LogP contribution in [0.1, 0.15) is 32.6 Å². The Bertz CT molecular complexity index is 130. The lowest BCUT2D eigenvalue weighted by Crippen LogP contribution is -2.22. The van der Waals surface area contributed by atoms with Crippen LogP contribution < -0.4 is 0 Å². The van der Waals surface area contributed by atoms with Gasteiger partial charge in [0.2, 0.25) is 0 Å². The van der Waals surface area contributed by atoms with E-state index in [1.807, 2.05) is 0 Å². The molecule has 1 nitrogen and oxygen atoms in total. The molecule has 0 aromatic rings. The molecular weight excluding hydrogens is 136 g/mol. The monoisotopic (exact) mass is 154 g/mol. The van der Waals surface area contributed by atoms with Crippen LogP contribution in [-0.4, -0.2) is 11.7 Å². The Labute approximate surface area is 68.8 Å². The van der Waals surface area contributed by atoms with E-state index in [9.17, 15) is 0 Å². The zero-order valence-corrected chi connectivity index (χ0v) is 7.29. The van der Waals surface area contributed by atoms with Crippen LogP contribution in [0.5, 0.6) is 0 Å². The SMILES string of the molecule is CC[C@@H]1C[C@H]2C[C@@H](CO)[C@@H]1C2. The smallest absolute Gasteiger partial charge is 0.0462 e. The second-order valence-electron chi connectivity index (χ2n) is 4.35. The lowest BCUT2D eigenvalue weighted by atomic mass is 9.80. The molecule has 0 unspecified atom stereocenters. The Morgan fingerprint density at radius 1 is 1.18 bits per heavy atom. The zero-order valence-electron chi connectivity index (χ0n) is 7.29. The van der Waals surface area contributed by atoms with Crippen LogP contribution in [0.4, 0.5) is 0 Å². The zero-order chi connectivity index (χ0) is 7.84. The summed E-state index contributed by atoms with van der Waals surface area (Å²) in [5.74, 6) is 3.47. The highest BCUT2D eigenvalue weighted by Gasteiger charge is 2.44. The molecule has 2 aliphatic rings. The third kappa shape index (κ3) is 1.10. The molecule has 11 heavy (non-hydrogen) atoms. The van der Waals surface area contributed by atoms with Crippen molar-refractivity contribution >= 4 is 0 Å². The topological polar surface area (TPSA) is 20.2 Å². The molecule has 1 N–H and O–H groups in total. The molecule has 1 heteroatoms. The van der Waals surface area contributed by atoms with Crippen LogP contribution in [0.3, 0.4) is 0 Å². The summed E-state index contributed by atoms with van der Waals surface area (Å²) in [6.07, 6.45) is 5.52. The normalized spacial score (nSPS) is 48.5. The molecule has 2 rings (SSSR count). The number of hydrogen-bond donors (Lipinski definition) is 1. The molecule has 2 aliphatic carbocycles. The van der Waals surface area contributed by atoms with Gasteiger partial charge >= 0.3 is 0 Å². The van der Waals surface area contributed by atoms with E-state index in [1.54, 1.807) is 0 Å². The minimum atomic E-state index is 0.442. The van der Waals surface area contributed by atoms with Gasteiger partial charge in [0.05, 0.1) is 0 Å². The Morgan fingerprint density at radius 2 is 1.91 bits per heavy atom. The molecule has 4 atom stereocenters. The highest BCUT2D eigenvalue weighted by Crippen LogP contribution is 2.52. The minimum Gasteiger partial charge on any atom is -0.396 e. The van der Waals surface area contributed by atoms with E-state index in [0.29, 0.717) is 12.5 Å². The minimum absolute atomic E-state index is 0.442. The Balaban J connectivity index is 2.02. The van der Waals surface area contributed by atoms with Crippen molar-refractivity contribution in [2.24, 2.45) is 23.7 Å². The standard InChI is InChI=1S/C10H18O/c1-2-8-3-7-4-9(6-11)10(8)5-7/h7-11H,2-6H2,1H3/t7-,8+,9-,10+/m0/s1. The van der Waals surface area contributed by atoms with Crippen molar-refractivity contribution in [2.75, 3.05) is 6.61 Å². The molecule has 0 saturated heterocycles. The van der Waals surface area contributed by atoms with Gasteiger partial charge in [-0.3, -0.25) is 0 Å².